The predicted molar refractivity (Wildman–Crippen MR) is 146 cm³/mol. The van der Waals surface area contributed by atoms with Crippen LogP contribution in [0.25, 0.3) is 0 Å². The van der Waals surface area contributed by atoms with Crippen LogP contribution in [0.5, 0.6) is 0 Å². The third-order valence-corrected chi connectivity index (χ3v) is 9.42. The zero-order chi connectivity index (χ0) is 27.5. The summed E-state index contributed by atoms with van der Waals surface area (Å²) < 4.78 is 33.4. The van der Waals surface area contributed by atoms with Crippen molar-refractivity contribution in [2.75, 3.05) is 0 Å². The highest BCUT2D eigenvalue weighted by molar-refractivity contribution is 7.88. The number of hydrogen-bond acceptors (Lipinski definition) is 4. The first-order valence-corrected chi connectivity index (χ1v) is 15.9. The molecule has 214 valence electrons. The third-order valence-electron chi connectivity index (χ3n) is 7.76. The molecule has 1 unspecified atom stereocenters. The Kier molecular flexibility index (Phi) is 18.4. The summed E-state index contributed by atoms with van der Waals surface area (Å²) in [6.07, 6.45) is 14.6. The number of carboxylic acid groups (broad SMARTS) is 2. The van der Waals surface area contributed by atoms with Crippen molar-refractivity contribution in [1.82, 2.24) is 0 Å². The summed E-state index contributed by atoms with van der Waals surface area (Å²) in [7, 11) is -5.21. The van der Waals surface area contributed by atoms with Crippen molar-refractivity contribution in [1.29, 1.82) is 0 Å². The van der Waals surface area contributed by atoms with Crippen molar-refractivity contribution in [3.05, 3.63) is 0 Å². The van der Waals surface area contributed by atoms with E-state index in [2.05, 4.69) is 20.8 Å². The molecule has 0 aliphatic carbocycles. The molecule has 0 radical (unpaired) electrons. The maximum Gasteiger partial charge on any atom is 0.328 e. The molecule has 0 spiro atoms. The van der Waals surface area contributed by atoms with E-state index in [1.165, 1.54) is 0 Å². The van der Waals surface area contributed by atoms with Crippen LogP contribution < -0.4 is 0 Å². The number of unbranched alkanes of at least 4 members (excludes halogenated alkanes) is 15. The monoisotopic (exact) mass is 534 g/mol. The molecule has 1 atom stereocenters. The number of rotatable bonds is 25. The van der Waals surface area contributed by atoms with Gasteiger partial charge in [-0.15, -0.1) is 0 Å². The SMILES string of the molecule is CCCCCCCCC(CCCCCCCC)(C(=O)O)C(CCCCCCCC)(C(=O)O)S(=O)(=O)O. The van der Waals surface area contributed by atoms with Gasteiger partial charge in [-0.3, -0.25) is 14.1 Å². The summed E-state index contributed by atoms with van der Waals surface area (Å²) >= 11 is 0. The molecule has 0 fully saturated rings. The highest BCUT2D eigenvalue weighted by Gasteiger charge is 2.67. The maximum atomic E-state index is 12.9. The van der Waals surface area contributed by atoms with E-state index in [4.69, 9.17) is 0 Å². The molecular weight excluding hydrogens is 480 g/mol. The van der Waals surface area contributed by atoms with E-state index in [1.807, 2.05) is 0 Å². The first-order valence-electron chi connectivity index (χ1n) is 14.5. The molecule has 0 aliphatic heterocycles. The molecule has 0 saturated carbocycles. The second-order valence-electron chi connectivity index (χ2n) is 10.5. The first kappa shape index (κ1) is 34.9. The predicted octanol–water partition coefficient (Wildman–Crippen LogP) is 8.02. The molecule has 0 aromatic carbocycles. The van der Waals surface area contributed by atoms with Gasteiger partial charge in [0.05, 0.1) is 0 Å². The summed E-state index contributed by atoms with van der Waals surface area (Å²) in [5.41, 5.74) is -2.06. The fourth-order valence-electron chi connectivity index (χ4n) is 5.52. The summed E-state index contributed by atoms with van der Waals surface area (Å²) in [6, 6.07) is 0. The molecule has 0 aromatic heterocycles. The molecule has 0 aliphatic rings. The van der Waals surface area contributed by atoms with Crippen LogP contribution in [0.2, 0.25) is 0 Å². The topological polar surface area (TPSA) is 129 Å². The Hall–Kier alpha value is -1.15. The standard InChI is InChI=1S/C28H54O7S/c1-4-7-10-13-16-19-22-27(25(29)30,23-20-17-14-11-8-5-2)28(26(31)32,36(33,34)35)24-21-18-15-12-9-6-3/h4-24H2,1-3H3,(H,29,30)(H,31,32)(H,33,34,35). The van der Waals surface area contributed by atoms with Crippen molar-refractivity contribution >= 4 is 22.1 Å². The first-order chi connectivity index (χ1) is 17.1. The van der Waals surface area contributed by atoms with Crippen LogP contribution >= 0.6 is 0 Å². The smallest absolute Gasteiger partial charge is 0.328 e. The molecule has 0 bridgehead atoms. The lowest BCUT2D eigenvalue weighted by atomic mass is 9.65. The quantitative estimate of drug-likeness (QED) is 0.0798. The minimum atomic E-state index is -5.21. The van der Waals surface area contributed by atoms with E-state index >= 15 is 0 Å². The van der Waals surface area contributed by atoms with Gasteiger partial charge in [-0.25, -0.2) is 0 Å². The van der Waals surface area contributed by atoms with Gasteiger partial charge in [-0.1, -0.05) is 136 Å². The molecule has 36 heavy (non-hydrogen) atoms. The van der Waals surface area contributed by atoms with E-state index in [-0.39, 0.29) is 25.7 Å². The van der Waals surface area contributed by atoms with Crippen molar-refractivity contribution < 1.29 is 32.8 Å². The van der Waals surface area contributed by atoms with Gasteiger partial charge < -0.3 is 10.2 Å². The van der Waals surface area contributed by atoms with Crippen LogP contribution in [0.3, 0.4) is 0 Å². The lowest BCUT2D eigenvalue weighted by molar-refractivity contribution is -0.162. The molecule has 0 amide bonds. The average Bonchev–Trinajstić information content (AvgIpc) is 2.80. The van der Waals surface area contributed by atoms with Gasteiger partial charge in [-0.2, -0.15) is 8.42 Å². The molecule has 3 N–H and O–H groups in total. The Labute approximate surface area is 220 Å². The van der Waals surface area contributed by atoms with Gasteiger partial charge in [0.1, 0.15) is 5.41 Å². The highest BCUT2D eigenvalue weighted by Crippen LogP contribution is 2.50. The van der Waals surface area contributed by atoms with E-state index in [1.54, 1.807) is 0 Å². The van der Waals surface area contributed by atoms with Gasteiger partial charge >= 0.3 is 11.9 Å². The molecule has 0 rings (SSSR count). The molecule has 0 saturated heterocycles. The van der Waals surface area contributed by atoms with E-state index in [9.17, 15) is 32.8 Å². The molecule has 8 heteroatoms. The van der Waals surface area contributed by atoms with Crippen LogP contribution in [0, 0.1) is 5.41 Å². The Bertz CT molecular complexity index is 689. The van der Waals surface area contributed by atoms with Gasteiger partial charge in [0.2, 0.25) is 4.75 Å². The normalized spacial score (nSPS) is 14.0. The zero-order valence-corrected chi connectivity index (χ0v) is 24.0. The number of aliphatic carboxylic acids is 2. The Morgan fingerprint density at radius 2 is 0.833 bits per heavy atom. The van der Waals surface area contributed by atoms with Crippen molar-refractivity contribution in [3.8, 4) is 0 Å². The van der Waals surface area contributed by atoms with Crippen LogP contribution in [0.15, 0.2) is 0 Å². The highest BCUT2D eigenvalue weighted by atomic mass is 32.2. The summed E-state index contributed by atoms with van der Waals surface area (Å²) in [5, 5.41) is 20.8. The minimum Gasteiger partial charge on any atom is -0.481 e. The lowest BCUT2D eigenvalue weighted by Crippen LogP contribution is -2.62. The molecule has 0 aromatic rings. The van der Waals surface area contributed by atoms with Gasteiger partial charge in [-0.05, 0) is 19.3 Å². The third kappa shape index (κ3) is 10.7. The lowest BCUT2D eigenvalue weighted by Gasteiger charge is -2.43. The summed E-state index contributed by atoms with van der Waals surface area (Å²) in [5.74, 6) is -3.16. The Balaban J connectivity index is 6.06. The summed E-state index contributed by atoms with van der Waals surface area (Å²) in [6.45, 7) is 6.29. The van der Waals surface area contributed by atoms with Crippen molar-refractivity contribution in [3.63, 3.8) is 0 Å². The van der Waals surface area contributed by atoms with Crippen molar-refractivity contribution in [2.24, 2.45) is 5.41 Å². The second kappa shape index (κ2) is 19.0. The van der Waals surface area contributed by atoms with E-state index in [0.29, 0.717) is 32.1 Å². The number of carbonyl (C=O) groups is 2. The van der Waals surface area contributed by atoms with Crippen LogP contribution in [-0.2, 0) is 19.7 Å². The second-order valence-corrected chi connectivity index (χ2v) is 12.2. The molecule has 7 nitrogen and oxygen atoms in total. The zero-order valence-electron chi connectivity index (χ0n) is 23.2. The van der Waals surface area contributed by atoms with Crippen LogP contribution in [-0.4, -0.2) is 39.9 Å². The molecule has 0 heterocycles. The largest absolute Gasteiger partial charge is 0.481 e. The van der Waals surface area contributed by atoms with Gasteiger partial charge in [0, 0.05) is 0 Å². The van der Waals surface area contributed by atoms with Gasteiger partial charge in [0.15, 0.2) is 0 Å². The maximum absolute atomic E-state index is 12.9. The van der Waals surface area contributed by atoms with Gasteiger partial charge in [0.25, 0.3) is 10.1 Å². The number of carboxylic acids is 2. The Morgan fingerprint density at radius 1 is 0.528 bits per heavy atom. The average molecular weight is 535 g/mol. The van der Waals surface area contributed by atoms with Crippen LogP contribution in [0.4, 0.5) is 0 Å². The fraction of sp³-hybridized carbons (Fsp3) is 0.929. The Morgan fingerprint density at radius 3 is 1.11 bits per heavy atom. The minimum absolute atomic E-state index is 0.0641. The van der Waals surface area contributed by atoms with E-state index in [0.717, 1.165) is 77.0 Å². The van der Waals surface area contributed by atoms with Crippen LogP contribution in [0.1, 0.15) is 156 Å². The van der Waals surface area contributed by atoms with Crippen molar-refractivity contribution in [2.45, 2.75) is 160 Å². The molecular formula is C28H54O7S. The fourth-order valence-corrected chi connectivity index (χ4v) is 6.93. The summed E-state index contributed by atoms with van der Waals surface area (Å²) in [4.78, 5) is 25.6. The number of hydrogen-bond donors (Lipinski definition) is 3. The van der Waals surface area contributed by atoms with E-state index < -0.39 is 32.2 Å².